The average molecular weight is 406 g/mol. The zero-order valence-electron chi connectivity index (χ0n) is 16.4. The molecule has 3 N–H and O–H groups in total. The summed E-state index contributed by atoms with van der Waals surface area (Å²) in [5, 5.41) is 5.59. The third-order valence-electron chi connectivity index (χ3n) is 5.24. The molecular weight excluding hydrogens is 383 g/mol. The normalized spacial score (nSPS) is 16.4. The van der Waals surface area contributed by atoms with Crippen molar-refractivity contribution in [2.24, 2.45) is 0 Å². The largest absolute Gasteiger partial charge is 0.364 e. The number of para-hydroxylation sites is 1. The minimum atomic E-state index is -0.375. The number of likely N-dealkylation sites (tertiary alicyclic amines) is 1. The number of carbonyl (C=O) groups excluding carboxylic acids is 2. The van der Waals surface area contributed by atoms with Crippen molar-refractivity contribution < 1.29 is 14.0 Å². The van der Waals surface area contributed by atoms with Crippen LogP contribution >= 0.6 is 0 Å². The molecule has 0 spiro atoms. The summed E-state index contributed by atoms with van der Waals surface area (Å²) in [5.74, 6) is -0.918. The number of amides is 2. The molecule has 1 atom stereocenters. The van der Waals surface area contributed by atoms with Gasteiger partial charge in [0, 0.05) is 17.6 Å². The molecule has 2 aromatic carbocycles. The van der Waals surface area contributed by atoms with E-state index < -0.39 is 0 Å². The molecule has 3 aromatic rings. The standard InChI is InChI=1S/C23H23FN4O2/c24-16-9-11-17(12-10-16)26-23(30)18-5-1-2-6-19(18)27-22(29)15-28-14-4-8-21(28)20-7-3-13-25-20/h1-3,5-7,9-13,21,25H,4,8,14-15H2,(H,26,30)(H,27,29). The summed E-state index contributed by atoms with van der Waals surface area (Å²) in [4.78, 5) is 30.8. The summed E-state index contributed by atoms with van der Waals surface area (Å²) in [6, 6.07) is 16.6. The molecule has 6 nitrogen and oxygen atoms in total. The number of carbonyl (C=O) groups is 2. The van der Waals surface area contributed by atoms with E-state index in [1.165, 1.54) is 24.3 Å². The van der Waals surface area contributed by atoms with Crippen LogP contribution in [-0.4, -0.2) is 34.8 Å². The molecule has 4 rings (SSSR count). The molecule has 30 heavy (non-hydrogen) atoms. The van der Waals surface area contributed by atoms with Crippen molar-refractivity contribution >= 4 is 23.2 Å². The van der Waals surface area contributed by atoms with Crippen LogP contribution in [0.25, 0.3) is 0 Å². The van der Waals surface area contributed by atoms with Gasteiger partial charge in [-0.3, -0.25) is 14.5 Å². The highest BCUT2D eigenvalue weighted by Gasteiger charge is 2.28. The molecule has 2 heterocycles. The molecule has 1 fully saturated rings. The first-order valence-electron chi connectivity index (χ1n) is 9.93. The first kappa shape index (κ1) is 19.8. The Balaban J connectivity index is 1.42. The van der Waals surface area contributed by atoms with Gasteiger partial charge in [-0.15, -0.1) is 0 Å². The number of hydrogen-bond acceptors (Lipinski definition) is 3. The lowest BCUT2D eigenvalue weighted by atomic mass is 10.1. The first-order valence-corrected chi connectivity index (χ1v) is 9.93. The molecule has 0 bridgehead atoms. The summed E-state index contributed by atoms with van der Waals surface area (Å²) >= 11 is 0. The Morgan fingerprint density at radius 2 is 1.83 bits per heavy atom. The van der Waals surface area contributed by atoms with Crippen LogP contribution in [0.5, 0.6) is 0 Å². The van der Waals surface area contributed by atoms with Gasteiger partial charge < -0.3 is 15.6 Å². The first-order chi connectivity index (χ1) is 14.6. The van der Waals surface area contributed by atoms with Gasteiger partial charge in [-0.1, -0.05) is 12.1 Å². The van der Waals surface area contributed by atoms with Crippen LogP contribution in [0.4, 0.5) is 15.8 Å². The van der Waals surface area contributed by atoms with E-state index >= 15 is 0 Å². The summed E-state index contributed by atoms with van der Waals surface area (Å²) in [6.45, 7) is 1.10. The highest BCUT2D eigenvalue weighted by atomic mass is 19.1. The van der Waals surface area contributed by atoms with Crippen LogP contribution in [0.2, 0.25) is 0 Å². The molecule has 1 unspecified atom stereocenters. The van der Waals surface area contributed by atoms with Crippen molar-refractivity contribution in [1.29, 1.82) is 0 Å². The predicted molar refractivity (Wildman–Crippen MR) is 114 cm³/mol. The number of anilines is 2. The number of hydrogen-bond donors (Lipinski definition) is 3. The van der Waals surface area contributed by atoms with E-state index in [1.807, 2.05) is 18.3 Å². The lowest BCUT2D eigenvalue weighted by Gasteiger charge is -2.23. The third-order valence-corrected chi connectivity index (χ3v) is 5.24. The van der Waals surface area contributed by atoms with Gasteiger partial charge in [0.15, 0.2) is 0 Å². The Labute approximate surface area is 174 Å². The Morgan fingerprint density at radius 1 is 1.03 bits per heavy atom. The Bertz CT molecular complexity index is 1020. The Morgan fingerprint density at radius 3 is 2.60 bits per heavy atom. The molecule has 1 saturated heterocycles. The number of H-pyrrole nitrogens is 1. The molecule has 1 aliphatic rings. The van der Waals surface area contributed by atoms with Crippen molar-refractivity contribution in [2.45, 2.75) is 18.9 Å². The van der Waals surface area contributed by atoms with Crippen LogP contribution in [0.15, 0.2) is 66.9 Å². The summed E-state index contributed by atoms with van der Waals surface area (Å²) < 4.78 is 13.1. The van der Waals surface area contributed by atoms with Gasteiger partial charge in [0.1, 0.15) is 5.82 Å². The predicted octanol–water partition coefficient (Wildman–Crippen LogP) is 4.18. The average Bonchev–Trinajstić information content (AvgIpc) is 3.41. The highest BCUT2D eigenvalue weighted by Crippen LogP contribution is 2.30. The van der Waals surface area contributed by atoms with E-state index in [1.54, 1.807) is 24.3 Å². The van der Waals surface area contributed by atoms with Crippen LogP contribution < -0.4 is 10.6 Å². The molecule has 0 radical (unpaired) electrons. The van der Waals surface area contributed by atoms with Crippen molar-refractivity contribution in [1.82, 2.24) is 9.88 Å². The van der Waals surface area contributed by atoms with E-state index in [-0.39, 0.29) is 30.2 Å². The minimum Gasteiger partial charge on any atom is -0.364 e. The quantitative estimate of drug-likeness (QED) is 0.575. The second kappa shape index (κ2) is 8.92. The third kappa shape index (κ3) is 4.58. The van der Waals surface area contributed by atoms with Gasteiger partial charge in [-0.25, -0.2) is 4.39 Å². The lowest BCUT2D eigenvalue weighted by Crippen LogP contribution is -2.33. The second-order valence-electron chi connectivity index (χ2n) is 7.31. The molecule has 2 amide bonds. The Hall–Kier alpha value is -3.45. The van der Waals surface area contributed by atoms with Gasteiger partial charge in [-0.2, -0.15) is 0 Å². The van der Waals surface area contributed by atoms with Crippen LogP contribution in [0.1, 0.15) is 34.9 Å². The van der Waals surface area contributed by atoms with Crippen LogP contribution in [0.3, 0.4) is 0 Å². The molecule has 1 aromatic heterocycles. The second-order valence-corrected chi connectivity index (χ2v) is 7.31. The molecular formula is C23H23FN4O2. The molecule has 7 heteroatoms. The van der Waals surface area contributed by atoms with Gasteiger partial charge >= 0.3 is 0 Å². The van der Waals surface area contributed by atoms with Gasteiger partial charge in [0.05, 0.1) is 23.8 Å². The van der Waals surface area contributed by atoms with Crippen LogP contribution in [-0.2, 0) is 4.79 Å². The zero-order chi connectivity index (χ0) is 20.9. The molecule has 0 saturated carbocycles. The van der Waals surface area contributed by atoms with Gasteiger partial charge in [0.25, 0.3) is 5.91 Å². The van der Waals surface area contributed by atoms with Crippen molar-refractivity contribution in [3.63, 3.8) is 0 Å². The lowest BCUT2D eigenvalue weighted by molar-refractivity contribution is -0.117. The maximum Gasteiger partial charge on any atom is 0.257 e. The van der Waals surface area contributed by atoms with E-state index in [0.29, 0.717) is 16.9 Å². The Kier molecular flexibility index (Phi) is 5.90. The zero-order valence-corrected chi connectivity index (χ0v) is 16.4. The van der Waals surface area contributed by atoms with Crippen molar-refractivity contribution in [2.75, 3.05) is 23.7 Å². The number of rotatable bonds is 6. The SMILES string of the molecule is O=C(CN1CCCC1c1ccc[nH]1)Nc1ccccc1C(=O)Nc1ccc(F)cc1. The van der Waals surface area contributed by atoms with E-state index in [0.717, 1.165) is 25.1 Å². The van der Waals surface area contributed by atoms with Crippen LogP contribution in [0, 0.1) is 5.82 Å². The maximum atomic E-state index is 13.1. The molecule has 0 aliphatic carbocycles. The fraction of sp³-hybridized carbons (Fsp3) is 0.217. The van der Waals surface area contributed by atoms with E-state index in [4.69, 9.17) is 0 Å². The van der Waals surface area contributed by atoms with E-state index in [2.05, 4.69) is 20.5 Å². The number of nitrogens with one attached hydrogen (secondary N) is 3. The smallest absolute Gasteiger partial charge is 0.257 e. The minimum absolute atomic E-state index is 0.171. The monoisotopic (exact) mass is 406 g/mol. The number of halogens is 1. The number of aromatic nitrogens is 1. The summed E-state index contributed by atoms with van der Waals surface area (Å²) in [5.41, 5.74) is 2.38. The topological polar surface area (TPSA) is 77.2 Å². The maximum absolute atomic E-state index is 13.1. The van der Waals surface area contributed by atoms with Crippen molar-refractivity contribution in [3.8, 4) is 0 Å². The highest BCUT2D eigenvalue weighted by molar-refractivity contribution is 6.10. The fourth-order valence-electron chi connectivity index (χ4n) is 3.82. The van der Waals surface area contributed by atoms with Gasteiger partial charge in [-0.05, 0) is 67.9 Å². The van der Waals surface area contributed by atoms with Crippen molar-refractivity contribution in [3.05, 3.63) is 83.9 Å². The number of aromatic amines is 1. The number of nitrogens with zero attached hydrogens (tertiary/aromatic N) is 1. The summed E-state index contributed by atoms with van der Waals surface area (Å²) in [7, 11) is 0. The molecule has 1 aliphatic heterocycles. The molecule has 154 valence electrons. The van der Waals surface area contributed by atoms with E-state index in [9.17, 15) is 14.0 Å². The fourth-order valence-corrected chi connectivity index (χ4v) is 3.82. The number of benzene rings is 2. The van der Waals surface area contributed by atoms with Gasteiger partial charge in [0.2, 0.25) is 5.91 Å². The summed E-state index contributed by atoms with van der Waals surface area (Å²) in [6.07, 6.45) is 3.93.